The van der Waals surface area contributed by atoms with E-state index in [-0.39, 0.29) is 0 Å². The standard InChI is InChI=1S/C62H38N4/c1-3-18-41(19-4-1)59-63-60(65-61(64-59)50-27-16-32-55-57(50)49-38-37-39-17-7-8-22-45(39)58(49)66(55)43-20-5-2-6-21-43)42-35-33-40(34-36-42)44-26-15-31-54-56(44)48-25-11-14-30-53(48)62(54)51-28-12-9-23-46(51)47-24-10-13-29-52(47)62/h1-38H. The van der Waals surface area contributed by atoms with E-state index < -0.39 is 5.41 Å². The van der Waals surface area contributed by atoms with E-state index in [1.54, 1.807) is 0 Å². The second kappa shape index (κ2) is 14.1. The molecule has 0 amide bonds. The Bertz CT molecular complexity index is 3880. The highest BCUT2D eigenvalue weighted by molar-refractivity contribution is 6.22. The Balaban J connectivity index is 0.946. The van der Waals surface area contributed by atoms with Crippen molar-refractivity contribution in [3.8, 4) is 73.2 Å². The number of fused-ring (bicyclic) bond motifs is 15. The third-order valence-corrected chi connectivity index (χ3v) is 14.1. The molecule has 0 aliphatic heterocycles. The van der Waals surface area contributed by atoms with Crippen LogP contribution in [0.1, 0.15) is 22.3 Å². The van der Waals surface area contributed by atoms with Crippen LogP contribution in [0.15, 0.2) is 231 Å². The summed E-state index contributed by atoms with van der Waals surface area (Å²) in [5.74, 6) is 1.89. The molecule has 0 bridgehead atoms. The number of para-hydroxylation sites is 1. The smallest absolute Gasteiger partial charge is 0.164 e. The van der Waals surface area contributed by atoms with Crippen molar-refractivity contribution in [2.75, 3.05) is 0 Å². The second-order valence-corrected chi connectivity index (χ2v) is 17.4. The fraction of sp³-hybridized carbons (Fsp3) is 0.0161. The lowest BCUT2D eigenvalue weighted by atomic mass is 9.70. The van der Waals surface area contributed by atoms with Gasteiger partial charge in [0.25, 0.3) is 0 Å². The first-order chi connectivity index (χ1) is 32.8. The SMILES string of the molecule is c1ccc(-c2nc(-c3ccc(-c4cccc5c4-c4ccccc4C54c5ccccc5-c5ccccc54)cc3)nc(-c3cccc4c3c3ccc5ccccc5c3n4-c3ccccc3)n2)cc1. The zero-order chi connectivity index (χ0) is 43.3. The summed E-state index contributed by atoms with van der Waals surface area (Å²) in [6, 6.07) is 83.2. The molecule has 4 heteroatoms. The van der Waals surface area contributed by atoms with Gasteiger partial charge in [0, 0.05) is 38.5 Å². The van der Waals surface area contributed by atoms with E-state index in [4.69, 9.17) is 15.0 Å². The Morgan fingerprint density at radius 2 is 0.833 bits per heavy atom. The summed E-state index contributed by atoms with van der Waals surface area (Å²) in [5, 5.41) is 4.65. The number of benzene rings is 10. The van der Waals surface area contributed by atoms with Crippen molar-refractivity contribution in [3.05, 3.63) is 253 Å². The summed E-state index contributed by atoms with van der Waals surface area (Å²) in [6.07, 6.45) is 0. The maximum Gasteiger partial charge on any atom is 0.164 e. The fourth-order valence-electron chi connectivity index (χ4n) is 11.4. The summed E-state index contributed by atoms with van der Waals surface area (Å²) >= 11 is 0. The molecule has 14 rings (SSSR count). The minimum Gasteiger partial charge on any atom is -0.309 e. The van der Waals surface area contributed by atoms with Gasteiger partial charge in [-0.3, -0.25) is 0 Å². The van der Waals surface area contributed by atoms with Crippen LogP contribution in [0.2, 0.25) is 0 Å². The van der Waals surface area contributed by atoms with Gasteiger partial charge < -0.3 is 4.57 Å². The number of aromatic nitrogens is 4. The van der Waals surface area contributed by atoms with Crippen LogP contribution in [0.4, 0.5) is 0 Å². The largest absolute Gasteiger partial charge is 0.309 e. The summed E-state index contributed by atoms with van der Waals surface area (Å²) in [4.78, 5) is 15.8. The first-order valence-corrected chi connectivity index (χ1v) is 22.6. The predicted molar refractivity (Wildman–Crippen MR) is 270 cm³/mol. The molecule has 0 N–H and O–H groups in total. The van der Waals surface area contributed by atoms with Crippen molar-refractivity contribution in [1.29, 1.82) is 0 Å². The van der Waals surface area contributed by atoms with E-state index in [0.717, 1.165) is 49.7 Å². The van der Waals surface area contributed by atoms with E-state index >= 15 is 0 Å². The van der Waals surface area contributed by atoms with Crippen molar-refractivity contribution < 1.29 is 0 Å². The summed E-state index contributed by atoms with van der Waals surface area (Å²) < 4.78 is 2.39. The third kappa shape index (κ3) is 5.12. The highest BCUT2D eigenvalue weighted by atomic mass is 15.0. The normalized spacial score (nSPS) is 13.0. The molecule has 0 saturated carbocycles. The van der Waals surface area contributed by atoms with Gasteiger partial charge in [0.15, 0.2) is 17.5 Å². The lowest BCUT2D eigenvalue weighted by molar-refractivity contribution is 0.794. The molecule has 2 aliphatic carbocycles. The van der Waals surface area contributed by atoms with Crippen LogP contribution in [0, 0.1) is 0 Å². The van der Waals surface area contributed by atoms with Gasteiger partial charge >= 0.3 is 0 Å². The van der Waals surface area contributed by atoms with Gasteiger partial charge in [-0.1, -0.05) is 212 Å². The van der Waals surface area contributed by atoms with Crippen LogP contribution >= 0.6 is 0 Å². The quantitative estimate of drug-likeness (QED) is 0.173. The van der Waals surface area contributed by atoms with Crippen molar-refractivity contribution in [2.45, 2.75) is 5.41 Å². The first kappa shape index (κ1) is 36.7. The van der Waals surface area contributed by atoms with Crippen molar-refractivity contribution in [1.82, 2.24) is 19.5 Å². The predicted octanol–water partition coefficient (Wildman–Crippen LogP) is 15.1. The fourth-order valence-corrected chi connectivity index (χ4v) is 11.4. The average molecular weight is 839 g/mol. The molecule has 1 spiro atoms. The van der Waals surface area contributed by atoms with Crippen LogP contribution in [0.25, 0.3) is 106 Å². The maximum absolute atomic E-state index is 5.35. The van der Waals surface area contributed by atoms with Crippen molar-refractivity contribution in [2.24, 2.45) is 0 Å². The Morgan fingerprint density at radius 3 is 1.56 bits per heavy atom. The van der Waals surface area contributed by atoms with Crippen LogP contribution in [0.3, 0.4) is 0 Å². The maximum atomic E-state index is 5.35. The van der Waals surface area contributed by atoms with Gasteiger partial charge in [-0.2, -0.15) is 0 Å². The minimum absolute atomic E-state index is 0.395. The molecular weight excluding hydrogens is 801 g/mol. The molecule has 66 heavy (non-hydrogen) atoms. The molecule has 0 atom stereocenters. The molecule has 10 aromatic carbocycles. The van der Waals surface area contributed by atoms with Crippen molar-refractivity contribution in [3.63, 3.8) is 0 Å². The summed E-state index contributed by atoms with van der Waals surface area (Å²) in [6.45, 7) is 0. The molecule has 2 aromatic heterocycles. The molecule has 2 heterocycles. The topological polar surface area (TPSA) is 43.6 Å². The Hall–Kier alpha value is -8.73. The van der Waals surface area contributed by atoms with Crippen LogP contribution in [-0.2, 0) is 5.41 Å². The second-order valence-electron chi connectivity index (χ2n) is 17.4. The molecule has 306 valence electrons. The van der Waals surface area contributed by atoms with E-state index in [1.165, 1.54) is 60.8 Å². The Kier molecular flexibility index (Phi) is 7.87. The Labute approximate surface area is 381 Å². The molecule has 0 radical (unpaired) electrons. The molecule has 0 unspecified atom stereocenters. The number of rotatable bonds is 5. The molecule has 0 saturated heterocycles. The van der Waals surface area contributed by atoms with Crippen LogP contribution < -0.4 is 0 Å². The lowest BCUT2D eigenvalue weighted by Gasteiger charge is -2.30. The number of nitrogens with zero attached hydrogens (tertiary/aromatic N) is 4. The minimum atomic E-state index is -0.395. The zero-order valence-electron chi connectivity index (χ0n) is 35.7. The molecule has 0 fully saturated rings. The van der Waals surface area contributed by atoms with E-state index in [9.17, 15) is 0 Å². The average Bonchev–Trinajstić information content (AvgIpc) is 4.01. The van der Waals surface area contributed by atoms with E-state index in [2.05, 4.69) is 217 Å². The Morgan fingerprint density at radius 1 is 0.318 bits per heavy atom. The van der Waals surface area contributed by atoms with E-state index in [0.29, 0.717) is 17.5 Å². The van der Waals surface area contributed by atoms with E-state index in [1.807, 2.05) is 18.2 Å². The third-order valence-electron chi connectivity index (χ3n) is 14.1. The zero-order valence-corrected chi connectivity index (χ0v) is 35.7. The molecule has 2 aliphatic rings. The molecular formula is C62H38N4. The van der Waals surface area contributed by atoms with Gasteiger partial charge in [-0.25, -0.2) is 15.0 Å². The van der Waals surface area contributed by atoms with Gasteiger partial charge in [-0.05, 0) is 79.2 Å². The summed E-state index contributed by atoms with van der Waals surface area (Å²) in [5.41, 5.74) is 18.7. The van der Waals surface area contributed by atoms with Crippen LogP contribution in [-0.4, -0.2) is 19.5 Å². The van der Waals surface area contributed by atoms with Gasteiger partial charge in [-0.15, -0.1) is 0 Å². The highest BCUT2D eigenvalue weighted by Crippen LogP contribution is 2.64. The number of hydrogen-bond acceptors (Lipinski definition) is 3. The van der Waals surface area contributed by atoms with Crippen molar-refractivity contribution >= 4 is 32.6 Å². The molecule has 12 aromatic rings. The van der Waals surface area contributed by atoms with Gasteiger partial charge in [0.05, 0.1) is 16.4 Å². The monoisotopic (exact) mass is 838 g/mol. The van der Waals surface area contributed by atoms with Gasteiger partial charge in [0.2, 0.25) is 0 Å². The first-order valence-electron chi connectivity index (χ1n) is 22.6. The summed E-state index contributed by atoms with van der Waals surface area (Å²) in [7, 11) is 0. The number of hydrogen-bond donors (Lipinski definition) is 0. The highest BCUT2D eigenvalue weighted by Gasteiger charge is 2.51. The lowest BCUT2D eigenvalue weighted by Crippen LogP contribution is -2.25. The molecule has 4 nitrogen and oxygen atoms in total. The van der Waals surface area contributed by atoms with Crippen LogP contribution in [0.5, 0.6) is 0 Å². The van der Waals surface area contributed by atoms with Gasteiger partial charge in [0.1, 0.15) is 0 Å².